The lowest BCUT2D eigenvalue weighted by Gasteiger charge is -2.23. The maximum Gasteiger partial charge on any atom is 0.217 e. The maximum absolute atomic E-state index is 11.1. The minimum Gasteiger partial charge on any atom is -0.361 e. The first kappa shape index (κ1) is 16.7. The van der Waals surface area contributed by atoms with Gasteiger partial charge in [0.1, 0.15) is 5.82 Å². The van der Waals surface area contributed by atoms with Crippen LogP contribution in [-0.2, 0) is 17.9 Å². The molecule has 1 amide bonds. The number of amides is 1. The number of fused-ring (bicyclic) bond motifs is 1. The average Bonchev–Trinajstić information content (AvgIpc) is 3.29. The SMILES string of the molecule is CC(=O)NCc1ccnc([C@@H]2CCCN2Cc2ccc3cc[nH]c3c2)n1. The zero-order valence-corrected chi connectivity index (χ0v) is 14.9. The molecule has 1 fully saturated rings. The molecule has 0 radical (unpaired) electrons. The Morgan fingerprint density at radius 3 is 3.15 bits per heavy atom. The Morgan fingerprint density at radius 2 is 2.27 bits per heavy atom. The van der Waals surface area contributed by atoms with E-state index in [0.29, 0.717) is 6.54 Å². The number of hydrogen-bond donors (Lipinski definition) is 2. The van der Waals surface area contributed by atoms with E-state index in [0.717, 1.165) is 37.4 Å². The molecule has 4 rings (SSSR count). The van der Waals surface area contributed by atoms with E-state index in [1.54, 1.807) is 6.20 Å². The van der Waals surface area contributed by atoms with Crippen LogP contribution < -0.4 is 5.32 Å². The van der Waals surface area contributed by atoms with Gasteiger partial charge in [-0.05, 0) is 48.5 Å². The average molecular weight is 349 g/mol. The van der Waals surface area contributed by atoms with Gasteiger partial charge in [-0.25, -0.2) is 9.97 Å². The van der Waals surface area contributed by atoms with Gasteiger partial charge in [-0.15, -0.1) is 0 Å². The molecule has 0 unspecified atom stereocenters. The van der Waals surface area contributed by atoms with Crippen LogP contribution in [0.5, 0.6) is 0 Å². The Bertz CT molecular complexity index is 919. The van der Waals surface area contributed by atoms with Gasteiger partial charge in [-0.2, -0.15) is 0 Å². The molecule has 1 atom stereocenters. The van der Waals surface area contributed by atoms with E-state index in [4.69, 9.17) is 0 Å². The highest BCUT2D eigenvalue weighted by Gasteiger charge is 2.28. The lowest BCUT2D eigenvalue weighted by Crippen LogP contribution is -2.25. The van der Waals surface area contributed by atoms with E-state index < -0.39 is 0 Å². The van der Waals surface area contributed by atoms with Gasteiger partial charge in [-0.3, -0.25) is 9.69 Å². The summed E-state index contributed by atoms with van der Waals surface area (Å²) in [5, 5.41) is 4.04. The third kappa shape index (κ3) is 3.60. The van der Waals surface area contributed by atoms with Gasteiger partial charge >= 0.3 is 0 Å². The van der Waals surface area contributed by atoms with Crippen LogP contribution in [0, 0.1) is 0 Å². The molecule has 134 valence electrons. The summed E-state index contributed by atoms with van der Waals surface area (Å²) < 4.78 is 0. The van der Waals surface area contributed by atoms with Crippen LogP contribution in [0.2, 0.25) is 0 Å². The Kier molecular flexibility index (Phi) is 4.67. The van der Waals surface area contributed by atoms with E-state index in [2.05, 4.69) is 49.4 Å². The quantitative estimate of drug-likeness (QED) is 0.743. The molecule has 1 aromatic carbocycles. The van der Waals surface area contributed by atoms with Crippen molar-refractivity contribution in [3.05, 3.63) is 59.8 Å². The molecule has 2 aromatic heterocycles. The topological polar surface area (TPSA) is 73.9 Å². The highest BCUT2D eigenvalue weighted by Crippen LogP contribution is 2.31. The van der Waals surface area contributed by atoms with Gasteiger partial charge < -0.3 is 10.3 Å². The van der Waals surface area contributed by atoms with Gasteiger partial charge in [0.2, 0.25) is 5.91 Å². The van der Waals surface area contributed by atoms with Crippen LogP contribution in [0.1, 0.15) is 42.9 Å². The van der Waals surface area contributed by atoms with E-state index in [1.807, 2.05) is 12.3 Å². The third-order valence-corrected chi connectivity index (χ3v) is 4.92. The van der Waals surface area contributed by atoms with E-state index in [9.17, 15) is 4.79 Å². The van der Waals surface area contributed by atoms with Crippen molar-refractivity contribution >= 4 is 16.8 Å². The number of H-pyrrole nitrogens is 1. The Balaban J connectivity index is 1.50. The summed E-state index contributed by atoms with van der Waals surface area (Å²) in [6, 6.07) is 10.8. The van der Waals surface area contributed by atoms with Crippen LogP contribution in [0.4, 0.5) is 0 Å². The van der Waals surface area contributed by atoms with E-state index in [-0.39, 0.29) is 11.9 Å². The molecular formula is C20H23N5O. The van der Waals surface area contributed by atoms with Crippen LogP contribution in [0.25, 0.3) is 10.9 Å². The third-order valence-electron chi connectivity index (χ3n) is 4.92. The molecule has 0 spiro atoms. The number of nitrogens with one attached hydrogen (secondary N) is 2. The lowest BCUT2D eigenvalue weighted by molar-refractivity contribution is -0.119. The fourth-order valence-corrected chi connectivity index (χ4v) is 3.62. The predicted octanol–water partition coefficient (Wildman–Crippen LogP) is 2.93. The zero-order chi connectivity index (χ0) is 17.9. The maximum atomic E-state index is 11.1. The molecule has 6 heteroatoms. The summed E-state index contributed by atoms with van der Waals surface area (Å²) in [4.78, 5) is 26.0. The lowest BCUT2D eigenvalue weighted by atomic mass is 10.1. The van der Waals surface area contributed by atoms with E-state index >= 15 is 0 Å². The predicted molar refractivity (Wildman–Crippen MR) is 100 cm³/mol. The first-order valence-electron chi connectivity index (χ1n) is 9.05. The van der Waals surface area contributed by atoms with Crippen molar-refractivity contribution in [1.82, 2.24) is 25.2 Å². The van der Waals surface area contributed by atoms with Crippen molar-refractivity contribution in [2.45, 2.75) is 38.9 Å². The van der Waals surface area contributed by atoms with Gasteiger partial charge in [-0.1, -0.05) is 12.1 Å². The van der Waals surface area contributed by atoms with Crippen molar-refractivity contribution in [3.63, 3.8) is 0 Å². The molecule has 0 bridgehead atoms. The van der Waals surface area contributed by atoms with Crippen LogP contribution in [0.3, 0.4) is 0 Å². The highest BCUT2D eigenvalue weighted by molar-refractivity contribution is 5.79. The van der Waals surface area contributed by atoms with Crippen molar-refractivity contribution < 1.29 is 4.79 Å². The Morgan fingerprint density at radius 1 is 1.35 bits per heavy atom. The summed E-state index contributed by atoms with van der Waals surface area (Å²) in [6.45, 7) is 3.90. The van der Waals surface area contributed by atoms with Crippen molar-refractivity contribution in [2.75, 3.05) is 6.54 Å². The number of carbonyl (C=O) groups excluding carboxylic acids is 1. The molecule has 1 aliphatic rings. The standard InChI is InChI=1S/C20H23N5O/c1-14(26)23-12-17-7-9-22-20(24-17)19-3-2-10-25(19)13-15-4-5-16-6-8-21-18(16)11-15/h4-9,11,19,21H,2-3,10,12-13H2,1H3,(H,23,26)/t19-/m0/s1. The van der Waals surface area contributed by atoms with Crippen molar-refractivity contribution in [3.8, 4) is 0 Å². The normalized spacial score (nSPS) is 17.7. The molecule has 1 aliphatic heterocycles. The molecular weight excluding hydrogens is 326 g/mol. The summed E-state index contributed by atoms with van der Waals surface area (Å²) in [6.07, 6.45) is 5.98. The Labute approximate surface area is 152 Å². The summed E-state index contributed by atoms with van der Waals surface area (Å²) in [5.74, 6) is 0.804. The second-order valence-corrected chi connectivity index (χ2v) is 6.84. The number of carbonyl (C=O) groups is 1. The Hall–Kier alpha value is -2.73. The fraction of sp³-hybridized carbons (Fsp3) is 0.350. The second kappa shape index (κ2) is 7.25. The number of benzene rings is 1. The summed E-state index contributed by atoms with van der Waals surface area (Å²) >= 11 is 0. The van der Waals surface area contributed by atoms with Gasteiger partial charge in [0.05, 0.1) is 18.3 Å². The van der Waals surface area contributed by atoms with Crippen LogP contribution >= 0.6 is 0 Å². The molecule has 0 aliphatic carbocycles. The van der Waals surface area contributed by atoms with Crippen molar-refractivity contribution in [2.24, 2.45) is 0 Å². The minimum atomic E-state index is -0.0487. The van der Waals surface area contributed by atoms with E-state index in [1.165, 1.54) is 23.4 Å². The molecule has 1 saturated heterocycles. The van der Waals surface area contributed by atoms with Gasteiger partial charge in [0.15, 0.2) is 0 Å². The monoisotopic (exact) mass is 349 g/mol. The summed E-state index contributed by atoms with van der Waals surface area (Å²) in [5.41, 5.74) is 3.32. The zero-order valence-electron chi connectivity index (χ0n) is 14.9. The minimum absolute atomic E-state index is 0.0487. The van der Waals surface area contributed by atoms with Crippen LogP contribution in [0.15, 0.2) is 42.7 Å². The number of likely N-dealkylation sites (tertiary alicyclic amines) is 1. The van der Waals surface area contributed by atoms with Gasteiger partial charge in [0, 0.05) is 31.4 Å². The van der Waals surface area contributed by atoms with Gasteiger partial charge in [0.25, 0.3) is 0 Å². The smallest absolute Gasteiger partial charge is 0.217 e. The molecule has 3 aromatic rings. The van der Waals surface area contributed by atoms with Crippen molar-refractivity contribution in [1.29, 1.82) is 0 Å². The largest absolute Gasteiger partial charge is 0.361 e. The molecule has 26 heavy (non-hydrogen) atoms. The second-order valence-electron chi connectivity index (χ2n) is 6.84. The first-order valence-corrected chi connectivity index (χ1v) is 9.05. The number of aromatic amines is 1. The molecule has 2 N–H and O–H groups in total. The highest BCUT2D eigenvalue weighted by atomic mass is 16.1. The number of aromatic nitrogens is 3. The number of rotatable bonds is 5. The molecule has 0 saturated carbocycles. The fourth-order valence-electron chi connectivity index (χ4n) is 3.62. The number of hydrogen-bond acceptors (Lipinski definition) is 4. The number of nitrogens with zero attached hydrogens (tertiary/aromatic N) is 3. The van der Waals surface area contributed by atoms with Crippen LogP contribution in [-0.4, -0.2) is 32.3 Å². The molecule has 3 heterocycles. The molecule has 6 nitrogen and oxygen atoms in total. The first-order chi connectivity index (χ1) is 12.7. The summed E-state index contributed by atoms with van der Waals surface area (Å²) in [7, 11) is 0.